The SMILES string of the molecule is COc1cc(C=CC=CC(=O)C=Cc2ccc(O)c(OC)c2)ccc1O. The lowest BCUT2D eigenvalue weighted by Crippen LogP contribution is -1.86. The zero-order valence-corrected chi connectivity index (χ0v) is 14.5. The zero-order valence-electron chi connectivity index (χ0n) is 14.5. The standard InChI is InChI=1S/C21H20O5/c1-25-20-13-15(8-11-18(20)23)5-3-4-6-17(22)10-7-16-9-12-19(24)21(14-16)26-2/h3-14,23-24H,1-2H3. The van der Waals surface area contributed by atoms with E-state index >= 15 is 0 Å². The molecule has 5 nitrogen and oxygen atoms in total. The molecule has 0 fully saturated rings. The summed E-state index contributed by atoms with van der Waals surface area (Å²) in [6.07, 6.45) is 9.65. The summed E-state index contributed by atoms with van der Waals surface area (Å²) in [5.41, 5.74) is 1.58. The summed E-state index contributed by atoms with van der Waals surface area (Å²) in [7, 11) is 2.95. The molecule has 0 aliphatic heterocycles. The molecule has 0 saturated carbocycles. The van der Waals surface area contributed by atoms with Gasteiger partial charge in [-0.1, -0.05) is 36.4 Å². The van der Waals surface area contributed by atoms with Crippen LogP contribution in [0.5, 0.6) is 23.0 Å². The average Bonchev–Trinajstić information content (AvgIpc) is 2.65. The van der Waals surface area contributed by atoms with Crippen LogP contribution in [0.15, 0.2) is 60.7 Å². The molecule has 0 atom stereocenters. The Labute approximate surface area is 152 Å². The molecule has 0 heterocycles. The number of methoxy groups -OCH3 is 2. The molecule has 0 amide bonds. The van der Waals surface area contributed by atoms with Crippen molar-refractivity contribution >= 4 is 17.9 Å². The quantitative estimate of drug-likeness (QED) is 0.582. The number of aromatic hydroxyl groups is 2. The van der Waals surface area contributed by atoms with Gasteiger partial charge in [-0.25, -0.2) is 0 Å². The number of phenolic OH excluding ortho intramolecular Hbond substituents is 2. The van der Waals surface area contributed by atoms with Gasteiger partial charge in [0.25, 0.3) is 0 Å². The van der Waals surface area contributed by atoms with Crippen molar-refractivity contribution in [2.24, 2.45) is 0 Å². The molecule has 0 saturated heterocycles. The average molecular weight is 352 g/mol. The lowest BCUT2D eigenvalue weighted by atomic mass is 10.1. The van der Waals surface area contributed by atoms with E-state index in [9.17, 15) is 15.0 Å². The molecule has 134 valence electrons. The highest BCUT2D eigenvalue weighted by Crippen LogP contribution is 2.27. The van der Waals surface area contributed by atoms with Gasteiger partial charge in [0.2, 0.25) is 0 Å². The van der Waals surface area contributed by atoms with Crippen LogP contribution in [0.2, 0.25) is 0 Å². The number of ether oxygens (including phenoxy) is 2. The van der Waals surface area contributed by atoms with Gasteiger partial charge in [-0.3, -0.25) is 4.79 Å². The summed E-state index contributed by atoms with van der Waals surface area (Å²) in [6, 6.07) is 9.81. The molecule has 5 heteroatoms. The third kappa shape index (κ3) is 5.27. The van der Waals surface area contributed by atoms with Crippen LogP contribution in [-0.2, 0) is 4.79 Å². The Hall–Kier alpha value is -3.47. The van der Waals surface area contributed by atoms with E-state index in [4.69, 9.17) is 9.47 Å². The number of carbonyl (C=O) groups is 1. The normalized spacial score (nSPS) is 11.5. The molecule has 2 N–H and O–H groups in total. The van der Waals surface area contributed by atoms with E-state index < -0.39 is 0 Å². The number of hydrogen-bond acceptors (Lipinski definition) is 5. The van der Waals surface area contributed by atoms with Crippen molar-refractivity contribution in [2.75, 3.05) is 14.2 Å². The van der Waals surface area contributed by atoms with Crippen molar-refractivity contribution in [1.29, 1.82) is 0 Å². The van der Waals surface area contributed by atoms with Crippen molar-refractivity contribution in [2.45, 2.75) is 0 Å². The summed E-state index contributed by atoms with van der Waals surface area (Å²) in [4.78, 5) is 11.9. The van der Waals surface area contributed by atoms with Crippen LogP contribution in [0.4, 0.5) is 0 Å². The molecular formula is C21H20O5. The van der Waals surface area contributed by atoms with E-state index in [1.54, 1.807) is 54.6 Å². The number of allylic oxidation sites excluding steroid dienone is 4. The Bertz CT molecular complexity index is 863. The molecule has 2 aromatic rings. The number of phenols is 2. The van der Waals surface area contributed by atoms with Gasteiger partial charge in [0.1, 0.15) is 0 Å². The van der Waals surface area contributed by atoms with E-state index in [1.165, 1.54) is 32.4 Å². The minimum Gasteiger partial charge on any atom is -0.504 e. The number of rotatable bonds is 7. The highest BCUT2D eigenvalue weighted by Gasteiger charge is 2.01. The molecular weight excluding hydrogens is 332 g/mol. The van der Waals surface area contributed by atoms with Crippen LogP contribution in [-0.4, -0.2) is 30.2 Å². The Morgan fingerprint density at radius 3 is 1.88 bits per heavy atom. The van der Waals surface area contributed by atoms with E-state index in [1.807, 2.05) is 0 Å². The van der Waals surface area contributed by atoms with Gasteiger partial charge in [-0.15, -0.1) is 0 Å². The van der Waals surface area contributed by atoms with Gasteiger partial charge >= 0.3 is 0 Å². The maximum Gasteiger partial charge on any atom is 0.178 e. The van der Waals surface area contributed by atoms with Crippen molar-refractivity contribution < 1.29 is 24.5 Å². The maximum atomic E-state index is 11.9. The van der Waals surface area contributed by atoms with Crippen LogP contribution < -0.4 is 9.47 Å². The van der Waals surface area contributed by atoms with Gasteiger partial charge in [0.05, 0.1) is 14.2 Å². The molecule has 0 bridgehead atoms. The predicted octanol–water partition coefficient (Wildman–Crippen LogP) is 3.97. The molecule has 0 aliphatic rings. The van der Waals surface area contributed by atoms with Gasteiger partial charge < -0.3 is 19.7 Å². The number of carbonyl (C=O) groups excluding carboxylic acids is 1. The van der Waals surface area contributed by atoms with Gasteiger partial charge in [-0.05, 0) is 47.5 Å². The van der Waals surface area contributed by atoms with Crippen molar-refractivity contribution in [3.63, 3.8) is 0 Å². The third-order valence-electron chi connectivity index (χ3n) is 3.51. The van der Waals surface area contributed by atoms with Gasteiger partial charge in [-0.2, -0.15) is 0 Å². The lowest BCUT2D eigenvalue weighted by Gasteiger charge is -2.03. The Morgan fingerprint density at radius 2 is 1.35 bits per heavy atom. The number of ketones is 1. The zero-order chi connectivity index (χ0) is 18.9. The molecule has 0 unspecified atom stereocenters. The van der Waals surface area contributed by atoms with E-state index in [0.29, 0.717) is 11.5 Å². The first-order chi connectivity index (χ1) is 12.5. The summed E-state index contributed by atoms with van der Waals surface area (Å²) >= 11 is 0. The molecule has 2 aromatic carbocycles. The Kier molecular flexibility index (Phi) is 6.62. The van der Waals surface area contributed by atoms with Gasteiger partial charge in [0, 0.05) is 0 Å². The fourth-order valence-electron chi connectivity index (χ4n) is 2.15. The second-order valence-corrected chi connectivity index (χ2v) is 5.32. The molecule has 26 heavy (non-hydrogen) atoms. The topological polar surface area (TPSA) is 76.0 Å². The van der Waals surface area contributed by atoms with Crippen LogP contribution in [0.25, 0.3) is 12.2 Å². The molecule has 2 rings (SSSR count). The highest BCUT2D eigenvalue weighted by molar-refractivity contribution is 6.02. The summed E-state index contributed by atoms with van der Waals surface area (Å²) < 4.78 is 10.1. The smallest absolute Gasteiger partial charge is 0.178 e. The monoisotopic (exact) mass is 352 g/mol. The summed E-state index contributed by atoms with van der Waals surface area (Å²) in [5, 5.41) is 19.1. The first-order valence-electron chi connectivity index (χ1n) is 7.84. The molecule has 0 spiro atoms. The van der Waals surface area contributed by atoms with E-state index in [-0.39, 0.29) is 17.3 Å². The Morgan fingerprint density at radius 1 is 0.808 bits per heavy atom. The van der Waals surface area contributed by atoms with E-state index in [0.717, 1.165) is 11.1 Å². The largest absolute Gasteiger partial charge is 0.504 e. The fourth-order valence-corrected chi connectivity index (χ4v) is 2.15. The number of hydrogen-bond donors (Lipinski definition) is 2. The highest BCUT2D eigenvalue weighted by atomic mass is 16.5. The molecule has 0 radical (unpaired) electrons. The molecule has 0 aliphatic carbocycles. The van der Waals surface area contributed by atoms with E-state index in [2.05, 4.69) is 0 Å². The second kappa shape index (κ2) is 9.13. The predicted molar refractivity (Wildman–Crippen MR) is 102 cm³/mol. The first kappa shape index (κ1) is 18.9. The molecule has 0 aromatic heterocycles. The van der Waals surface area contributed by atoms with Crippen LogP contribution in [0.1, 0.15) is 11.1 Å². The second-order valence-electron chi connectivity index (χ2n) is 5.32. The number of benzene rings is 2. The van der Waals surface area contributed by atoms with Crippen molar-refractivity contribution in [3.8, 4) is 23.0 Å². The van der Waals surface area contributed by atoms with Crippen LogP contribution >= 0.6 is 0 Å². The maximum absolute atomic E-state index is 11.9. The third-order valence-corrected chi connectivity index (χ3v) is 3.51. The minimum atomic E-state index is -0.176. The summed E-state index contributed by atoms with van der Waals surface area (Å²) in [6.45, 7) is 0. The van der Waals surface area contributed by atoms with Crippen LogP contribution in [0.3, 0.4) is 0 Å². The van der Waals surface area contributed by atoms with Crippen molar-refractivity contribution in [3.05, 3.63) is 71.8 Å². The van der Waals surface area contributed by atoms with Crippen molar-refractivity contribution in [1.82, 2.24) is 0 Å². The first-order valence-corrected chi connectivity index (χ1v) is 7.84. The van der Waals surface area contributed by atoms with Crippen LogP contribution in [0, 0.1) is 0 Å². The summed E-state index contributed by atoms with van der Waals surface area (Å²) in [5.74, 6) is 0.685. The minimum absolute atomic E-state index is 0.0480. The Balaban J connectivity index is 1.97. The fraction of sp³-hybridized carbons (Fsp3) is 0.0952. The van der Waals surface area contributed by atoms with Gasteiger partial charge in [0.15, 0.2) is 28.8 Å². The lowest BCUT2D eigenvalue weighted by molar-refractivity contribution is -0.110.